The summed E-state index contributed by atoms with van der Waals surface area (Å²) in [6.07, 6.45) is 9.69. The van der Waals surface area contributed by atoms with Gasteiger partial charge in [0.1, 0.15) is 0 Å². The molecule has 0 unspecified atom stereocenters. The molecule has 0 aromatic heterocycles. The molecule has 1 nitrogen and oxygen atoms in total. The van der Waals surface area contributed by atoms with E-state index in [4.69, 9.17) is 0 Å². The van der Waals surface area contributed by atoms with E-state index in [0.29, 0.717) is 0 Å². The van der Waals surface area contributed by atoms with Crippen molar-refractivity contribution in [3.8, 4) is 0 Å². The molecule has 1 heteroatoms. The average Bonchev–Trinajstić information content (AvgIpc) is 2.25. The second kappa shape index (κ2) is 6.84. The van der Waals surface area contributed by atoms with Gasteiger partial charge in [0.2, 0.25) is 0 Å². The Labute approximate surface area is 85.5 Å². The largest absolute Gasteiger partial charge is 0.288 e. The summed E-state index contributed by atoms with van der Waals surface area (Å²) in [4.78, 5) is 4.27. The third-order valence-electron chi connectivity index (χ3n) is 1.72. The standard InChI is InChI=1S/C13H15N/c1-2-3-4-8-11-14-12-13-9-6-5-7-10-13/h2-11H,12H2,1H3/b3-2+,8-4+,14-11?. The highest BCUT2D eigenvalue weighted by molar-refractivity contribution is 5.71. The topological polar surface area (TPSA) is 12.4 Å². The van der Waals surface area contributed by atoms with Crippen molar-refractivity contribution in [1.29, 1.82) is 0 Å². The molecule has 1 aromatic carbocycles. The number of hydrogen-bond acceptors (Lipinski definition) is 1. The van der Waals surface area contributed by atoms with Crippen LogP contribution >= 0.6 is 0 Å². The fourth-order valence-corrected chi connectivity index (χ4v) is 1.03. The Bertz CT molecular complexity index is 320. The van der Waals surface area contributed by atoms with E-state index in [1.807, 2.05) is 55.6 Å². The summed E-state index contributed by atoms with van der Waals surface area (Å²) in [6, 6.07) is 10.2. The van der Waals surface area contributed by atoms with Gasteiger partial charge < -0.3 is 0 Å². The van der Waals surface area contributed by atoms with Crippen molar-refractivity contribution in [3.63, 3.8) is 0 Å². The number of allylic oxidation sites excluding steroid dienone is 4. The Balaban J connectivity index is 2.34. The maximum absolute atomic E-state index is 4.27. The molecule has 0 aliphatic rings. The summed E-state index contributed by atoms with van der Waals surface area (Å²) in [5.74, 6) is 0. The van der Waals surface area contributed by atoms with Crippen molar-refractivity contribution >= 4 is 6.21 Å². The second-order valence-corrected chi connectivity index (χ2v) is 2.89. The third kappa shape index (κ3) is 4.41. The molecule has 1 rings (SSSR count). The Morgan fingerprint density at radius 3 is 2.57 bits per heavy atom. The molecule has 0 spiro atoms. The van der Waals surface area contributed by atoms with Gasteiger partial charge in [-0.25, -0.2) is 0 Å². The maximum Gasteiger partial charge on any atom is 0.0639 e. The van der Waals surface area contributed by atoms with E-state index in [0.717, 1.165) is 6.54 Å². The molecular weight excluding hydrogens is 170 g/mol. The molecule has 72 valence electrons. The molecule has 0 saturated heterocycles. The van der Waals surface area contributed by atoms with E-state index in [9.17, 15) is 0 Å². The summed E-state index contributed by atoms with van der Waals surface area (Å²) < 4.78 is 0. The van der Waals surface area contributed by atoms with Crippen molar-refractivity contribution in [2.24, 2.45) is 4.99 Å². The van der Waals surface area contributed by atoms with Crippen LogP contribution in [0, 0.1) is 0 Å². The molecule has 0 saturated carbocycles. The first-order chi connectivity index (χ1) is 6.93. The molecule has 0 heterocycles. The predicted molar refractivity (Wildman–Crippen MR) is 62.6 cm³/mol. The predicted octanol–water partition coefficient (Wildman–Crippen LogP) is 3.39. The molecule has 0 aliphatic heterocycles. The molecule has 1 aromatic rings. The number of aliphatic imine (C=N–C) groups is 1. The minimum absolute atomic E-state index is 0.751. The van der Waals surface area contributed by atoms with Crippen LogP contribution in [0.5, 0.6) is 0 Å². The van der Waals surface area contributed by atoms with Crippen LogP contribution in [0.2, 0.25) is 0 Å². The Morgan fingerprint density at radius 1 is 1.07 bits per heavy atom. The van der Waals surface area contributed by atoms with Gasteiger partial charge in [-0.1, -0.05) is 48.6 Å². The van der Waals surface area contributed by atoms with Crippen LogP contribution in [-0.4, -0.2) is 6.21 Å². The molecule has 0 fully saturated rings. The summed E-state index contributed by atoms with van der Waals surface area (Å²) in [6.45, 7) is 2.74. The van der Waals surface area contributed by atoms with E-state index >= 15 is 0 Å². The number of rotatable bonds is 4. The van der Waals surface area contributed by atoms with Crippen molar-refractivity contribution in [2.45, 2.75) is 13.5 Å². The van der Waals surface area contributed by atoms with Crippen LogP contribution in [0.15, 0.2) is 59.6 Å². The van der Waals surface area contributed by atoms with E-state index in [1.165, 1.54) is 5.56 Å². The van der Waals surface area contributed by atoms with Gasteiger partial charge in [0, 0.05) is 6.21 Å². The first-order valence-electron chi connectivity index (χ1n) is 4.75. The lowest BCUT2D eigenvalue weighted by Crippen LogP contribution is -1.79. The Morgan fingerprint density at radius 2 is 1.86 bits per heavy atom. The quantitative estimate of drug-likeness (QED) is 0.503. The van der Waals surface area contributed by atoms with Crippen LogP contribution in [-0.2, 0) is 6.54 Å². The highest BCUT2D eigenvalue weighted by Gasteiger charge is 1.84. The zero-order chi connectivity index (χ0) is 10.1. The maximum atomic E-state index is 4.27. The Hall–Kier alpha value is -1.63. The Kier molecular flexibility index (Phi) is 5.11. The molecule has 0 aliphatic carbocycles. The van der Waals surface area contributed by atoms with E-state index in [-0.39, 0.29) is 0 Å². The monoisotopic (exact) mass is 185 g/mol. The lowest BCUT2D eigenvalue weighted by atomic mass is 10.2. The van der Waals surface area contributed by atoms with Gasteiger partial charge in [0.15, 0.2) is 0 Å². The van der Waals surface area contributed by atoms with Crippen LogP contribution in [0.4, 0.5) is 0 Å². The second-order valence-electron chi connectivity index (χ2n) is 2.89. The summed E-state index contributed by atoms with van der Waals surface area (Å²) >= 11 is 0. The van der Waals surface area contributed by atoms with Gasteiger partial charge in [0.05, 0.1) is 6.54 Å². The molecule has 14 heavy (non-hydrogen) atoms. The summed E-state index contributed by atoms with van der Waals surface area (Å²) in [7, 11) is 0. The molecule has 0 N–H and O–H groups in total. The smallest absolute Gasteiger partial charge is 0.0639 e. The summed E-state index contributed by atoms with van der Waals surface area (Å²) in [5, 5.41) is 0. The fourth-order valence-electron chi connectivity index (χ4n) is 1.03. The van der Waals surface area contributed by atoms with Crippen LogP contribution < -0.4 is 0 Å². The fraction of sp³-hybridized carbons (Fsp3) is 0.154. The lowest BCUT2D eigenvalue weighted by molar-refractivity contribution is 1.08. The van der Waals surface area contributed by atoms with E-state index in [2.05, 4.69) is 17.1 Å². The number of benzene rings is 1. The zero-order valence-corrected chi connectivity index (χ0v) is 8.43. The highest BCUT2D eigenvalue weighted by Crippen LogP contribution is 1.99. The highest BCUT2D eigenvalue weighted by atomic mass is 14.7. The molecule has 0 atom stereocenters. The third-order valence-corrected chi connectivity index (χ3v) is 1.72. The van der Waals surface area contributed by atoms with Crippen molar-refractivity contribution in [3.05, 3.63) is 60.2 Å². The van der Waals surface area contributed by atoms with Crippen LogP contribution in [0.1, 0.15) is 12.5 Å². The van der Waals surface area contributed by atoms with Gasteiger partial charge >= 0.3 is 0 Å². The van der Waals surface area contributed by atoms with E-state index in [1.54, 1.807) is 0 Å². The number of hydrogen-bond donors (Lipinski definition) is 0. The molecule has 0 radical (unpaired) electrons. The van der Waals surface area contributed by atoms with Gasteiger partial charge in [-0.15, -0.1) is 0 Å². The SMILES string of the molecule is C/C=C/C=C/C=NCc1ccccc1. The van der Waals surface area contributed by atoms with Gasteiger partial charge in [-0.05, 0) is 18.6 Å². The zero-order valence-electron chi connectivity index (χ0n) is 8.43. The lowest BCUT2D eigenvalue weighted by Gasteiger charge is -1.92. The minimum Gasteiger partial charge on any atom is -0.288 e. The van der Waals surface area contributed by atoms with Gasteiger partial charge in [-0.3, -0.25) is 4.99 Å². The van der Waals surface area contributed by atoms with Gasteiger partial charge in [-0.2, -0.15) is 0 Å². The first-order valence-corrected chi connectivity index (χ1v) is 4.75. The van der Waals surface area contributed by atoms with E-state index < -0.39 is 0 Å². The number of nitrogens with zero attached hydrogens (tertiary/aromatic N) is 1. The van der Waals surface area contributed by atoms with Crippen molar-refractivity contribution in [2.75, 3.05) is 0 Å². The molecular formula is C13H15N. The average molecular weight is 185 g/mol. The molecule has 0 amide bonds. The van der Waals surface area contributed by atoms with Crippen LogP contribution in [0.3, 0.4) is 0 Å². The van der Waals surface area contributed by atoms with Crippen molar-refractivity contribution in [1.82, 2.24) is 0 Å². The van der Waals surface area contributed by atoms with Gasteiger partial charge in [0.25, 0.3) is 0 Å². The van der Waals surface area contributed by atoms with Crippen LogP contribution in [0.25, 0.3) is 0 Å². The normalized spacial score (nSPS) is 12.1. The molecule has 0 bridgehead atoms. The minimum atomic E-state index is 0.751. The first kappa shape index (κ1) is 10.5. The summed E-state index contributed by atoms with van der Waals surface area (Å²) in [5.41, 5.74) is 1.24. The van der Waals surface area contributed by atoms with Crippen molar-refractivity contribution < 1.29 is 0 Å².